The number of nitrogens with zero attached hydrogens (tertiary/aromatic N) is 1. The van der Waals surface area contributed by atoms with Gasteiger partial charge in [0.05, 0.1) is 0 Å². The van der Waals surface area contributed by atoms with Crippen molar-refractivity contribution in [2.45, 2.75) is 59.9 Å². The molecule has 1 aliphatic heterocycles. The Morgan fingerprint density at radius 1 is 1.29 bits per heavy atom. The smallest absolute Gasteiger partial charge is 0.00767 e. The van der Waals surface area contributed by atoms with Crippen LogP contribution >= 0.6 is 0 Å². The van der Waals surface area contributed by atoms with Gasteiger partial charge in [-0.05, 0) is 50.2 Å². The van der Waals surface area contributed by atoms with Gasteiger partial charge in [-0.1, -0.05) is 34.6 Å². The number of rotatable bonds is 3. The van der Waals surface area contributed by atoms with Crippen LogP contribution in [0.4, 0.5) is 0 Å². The van der Waals surface area contributed by atoms with Crippen molar-refractivity contribution in [2.75, 3.05) is 26.2 Å². The number of nitrogens with one attached hydrogen (secondary N) is 1. The van der Waals surface area contributed by atoms with Crippen LogP contribution in [0.15, 0.2) is 0 Å². The number of hydrogen-bond donors (Lipinski definition) is 1. The predicted molar refractivity (Wildman–Crippen MR) is 76.4 cm³/mol. The summed E-state index contributed by atoms with van der Waals surface area (Å²) >= 11 is 0. The molecule has 0 amide bonds. The van der Waals surface area contributed by atoms with Crippen molar-refractivity contribution in [3.05, 3.63) is 0 Å². The highest BCUT2D eigenvalue weighted by Gasteiger charge is 2.19. The summed E-state index contributed by atoms with van der Waals surface area (Å²) < 4.78 is 0. The second-order valence-electron chi connectivity index (χ2n) is 7.02. The van der Waals surface area contributed by atoms with Crippen molar-refractivity contribution in [1.29, 1.82) is 0 Å². The Labute approximate surface area is 108 Å². The van der Waals surface area contributed by atoms with Crippen LogP contribution in [0.2, 0.25) is 0 Å². The Bertz CT molecular complexity index is 207. The Morgan fingerprint density at radius 2 is 2.00 bits per heavy atom. The highest BCUT2D eigenvalue weighted by Crippen LogP contribution is 2.20. The molecule has 2 atom stereocenters. The zero-order chi connectivity index (χ0) is 12.9. The van der Waals surface area contributed by atoms with Crippen LogP contribution in [0.25, 0.3) is 0 Å². The van der Waals surface area contributed by atoms with Crippen molar-refractivity contribution in [2.24, 2.45) is 11.3 Å². The molecule has 0 aromatic rings. The van der Waals surface area contributed by atoms with E-state index < -0.39 is 0 Å². The molecule has 2 heteroatoms. The molecule has 1 N–H and O–H groups in total. The summed E-state index contributed by atoms with van der Waals surface area (Å²) in [5.41, 5.74) is 0.466. The summed E-state index contributed by atoms with van der Waals surface area (Å²) in [6.45, 7) is 16.7. The minimum atomic E-state index is 0.466. The monoisotopic (exact) mass is 240 g/mol. The van der Waals surface area contributed by atoms with E-state index in [1.54, 1.807) is 0 Å². The van der Waals surface area contributed by atoms with Crippen LogP contribution in [-0.4, -0.2) is 37.1 Å². The second-order valence-corrected chi connectivity index (χ2v) is 7.02. The molecule has 1 saturated heterocycles. The molecular weight excluding hydrogens is 208 g/mol. The topological polar surface area (TPSA) is 15.3 Å². The first-order chi connectivity index (χ1) is 7.90. The lowest BCUT2D eigenvalue weighted by Gasteiger charge is -2.33. The molecule has 2 nitrogen and oxygen atoms in total. The molecule has 0 radical (unpaired) electrons. The van der Waals surface area contributed by atoms with Gasteiger partial charge in [0.15, 0.2) is 0 Å². The van der Waals surface area contributed by atoms with Gasteiger partial charge in [0.25, 0.3) is 0 Å². The molecule has 1 fully saturated rings. The maximum atomic E-state index is 3.69. The Morgan fingerprint density at radius 3 is 2.59 bits per heavy atom. The minimum Gasteiger partial charge on any atom is -0.314 e. The minimum absolute atomic E-state index is 0.466. The zero-order valence-electron chi connectivity index (χ0n) is 12.6. The Hall–Kier alpha value is -0.0800. The third-order valence-corrected chi connectivity index (χ3v) is 3.79. The maximum absolute atomic E-state index is 3.69. The molecule has 2 unspecified atom stereocenters. The van der Waals surface area contributed by atoms with Gasteiger partial charge in [-0.3, -0.25) is 0 Å². The first kappa shape index (κ1) is 15.0. The van der Waals surface area contributed by atoms with E-state index >= 15 is 0 Å². The summed E-state index contributed by atoms with van der Waals surface area (Å²) in [7, 11) is 0. The van der Waals surface area contributed by atoms with Crippen LogP contribution in [0.1, 0.15) is 53.9 Å². The molecule has 17 heavy (non-hydrogen) atoms. The molecule has 0 aliphatic carbocycles. The molecule has 1 aliphatic rings. The summed E-state index contributed by atoms with van der Waals surface area (Å²) in [6.07, 6.45) is 3.89. The average molecular weight is 240 g/mol. The first-order valence-corrected chi connectivity index (χ1v) is 7.36. The fourth-order valence-electron chi connectivity index (χ4n) is 2.45. The SMILES string of the molecule is CCC1CCN(CCC(C)(C)C)CC(C)CN1. The largest absolute Gasteiger partial charge is 0.314 e. The van der Waals surface area contributed by atoms with Gasteiger partial charge in [0, 0.05) is 12.6 Å². The molecular formula is C15H32N2. The lowest BCUT2D eigenvalue weighted by Crippen LogP contribution is -2.44. The van der Waals surface area contributed by atoms with Gasteiger partial charge in [0.2, 0.25) is 0 Å². The van der Waals surface area contributed by atoms with E-state index in [4.69, 9.17) is 0 Å². The Balaban J connectivity index is 2.41. The Kier molecular flexibility index (Phi) is 5.94. The van der Waals surface area contributed by atoms with Crippen molar-refractivity contribution < 1.29 is 0 Å². The van der Waals surface area contributed by atoms with Crippen LogP contribution in [0.3, 0.4) is 0 Å². The van der Waals surface area contributed by atoms with Gasteiger partial charge < -0.3 is 10.2 Å². The van der Waals surface area contributed by atoms with Crippen LogP contribution < -0.4 is 5.32 Å². The predicted octanol–water partition coefficient (Wildman–Crippen LogP) is 3.13. The maximum Gasteiger partial charge on any atom is 0.00767 e. The fraction of sp³-hybridized carbons (Fsp3) is 1.00. The summed E-state index contributed by atoms with van der Waals surface area (Å²) in [4.78, 5) is 2.68. The van der Waals surface area contributed by atoms with Crippen LogP contribution in [-0.2, 0) is 0 Å². The van der Waals surface area contributed by atoms with Crippen molar-refractivity contribution in [3.63, 3.8) is 0 Å². The molecule has 1 rings (SSSR count). The molecule has 102 valence electrons. The average Bonchev–Trinajstić information content (AvgIpc) is 2.21. The van der Waals surface area contributed by atoms with Crippen molar-refractivity contribution in [3.8, 4) is 0 Å². The molecule has 0 spiro atoms. The zero-order valence-corrected chi connectivity index (χ0v) is 12.6. The van der Waals surface area contributed by atoms with E-state index in [-0.39, 0.29) is 0 Å². The van der Waals surface area contributed by atoms with E-state index in [0.29, 0.717) is 5.41 Å². The van der Waals surface area contributed by atoms with E-state index in [2.05, 4.69) is 44.8 Å². The van der Waals surface area contributed by atoms with Crippen molar-refractivity contribution in [1.82, 2.24) is 10.2 Å². The van der Waals surface area contributed by atoms with E-state index in [9.17, 15) is 0 Å². The van der Waals surface area contributed by atoms with E-state index in [0.717, 1.165) is 12.0 Å². The van der Waals surface area contributed by atoms with Gasteiger partial charge in [-0.25, -0.2) is 0 Å². The normalized spacial score (nSPS) is 28.8. The lowest BCUT2D eigenvalue weighted by molar-refractivity contribution is 0.174. The molecule has 0 bridgehead atoms. The number of hydrogen-bond acceptors (Lipinski definition) is 2. The van der Waals surface area contributed by atoms with Crippen molar-refractivity contribution >= 4 is 0 Å². The summed E-state index contributed by atoms with van der Waals surface area (Å²) in [5.74, 6) is 0.782. The highest BCUT2D eigenvalue weighted by atomic mass is 15.1. The molecule has 0 aromatic heterocycles. The van der Waals surface area contributed by atoms with Crippen LogP contribution in [0.5, 0.6) is 0 Å². The van der Waals surface area contributed by atoms with E-state index in [1.807, 2.05) is 0 Å². The standard InChI is InChI=1S/C15H32N2/c1-6-14-7-9-17(10-8-15(3,4)5)12-13(2)11-16-14/h13-14,16H,6-12H2,1-5H3. The van der Waals surface area contributed by atoms with Gasteiger partial charge in [0.1, 0.15) is 0 Å². The lowest BCUT2D eigenvalue weighted by atomic mass is 9.91. The molecule has 1 heterocycles. The van der Waals surface area contributed by atoms with Crippen LogP contribution in [0, 0.1) is 11.3 Å². The van der Waals surface area contributed by atoms with Gasteiger partial charge in [-0.15, -0.1) is 0 Å². The summed E-state index contributed by atoms with van der Waals surface area (Å²) in [5, 5.41) is 3.69. The summed E-state index contributed by atoms with van der Waals surface area (Å²) in [6, 6.07) is 0.731. The highest BCUT2D eigenvalue weighted by molar-refractivity contribution is 4.76. The quantitative estimate of drug-likeness (QED) is 0.815. The second kappa shape index (κ2) is 6.75. The van der Waals surface area contributed by atoms with Gasteiger partial charge in [-0.2, -0.15) is 0 Å². The molecule has 0 saturated carbocycles. The van der Waals surface area contributed by atoms with E-state index in [1.165, 1.54) is 45.4 Å². The van der Waals surface area contributed by atoms with Gasteiger partial charge >= 0.3 is 0 Å². The molecule has 0 aromatic carbocycles. The fourth-order valence-corrected chi connectivity index (χ4v) is 2.45. The third kappa shape index (κ3) is 6.42. The first-order valence-electron chi connectivity index (χ1n) is 7.36. The third-order valence-electron chi connectivity index (χ3n) is 3.79.